The number of aliphatic hydroxyl groups excluding tert-OH is 1. The molecule has 2 aromatic rings. The molecule has 0 aliphatic carbocycles. The van der Waals surface area contributed by atoms with Crippen LogP contribution in [-0.4, -0.2) is 31.3 Å². The monoisotopic (exact) mass is 347 g/mol. The zero-order valence-electron chi connectivity index (χ0n) is 13.8. The molecule has 0 aliphatic heterocycles. The van der Waals surface area contributed by atoms with E-state index < -0.39 is 6.10 Å². The number of urea groups is 1. The van der Waals surface area contributed by atoms with Crippen LogP contribution in [0.4, 0.5) is 16.2 Å². The second-order valence-corrected chi connectivity index (χ2v) is 5.84. The molecule has 0 saturated heterocycles. The summed E-state index contributed by atoms with van der Waals surface area (Å²) in [6, 6.07) is 14.2. The Kier molecular flexibility index (Phi) is 6.46. The van der Waals surface area contributed by atoms with Crippen LogP contribution in [0.3, 0.4) is 0 Å². The molecule has 1 atom stereocenters. The van der Waals surface area contributed by atoms with Gasteiger partial charge in [-0.05, 0) is 31.2 Å². The number of benzene rings is 2. The number of aliphatic hydroxyl groups is 1. The van der Waals surface area contributed by atoms with Crippen LogP contribution in [0, 0.1) is 0 Å². The van der Waals surface area contributed by atoms with E-state index in [9.17, 15) is 9.90 Å². The zero-order chi connectivity index (χ0) is 17.5. The molecule has 2 rings (SSSR count). The first-order valence-corrected chi connectivity index (χ1v) is 8.17. The third-order valence-electron chi connectivity index (χ3n) is 3.74. The van der Waals surface area contributed by atoms with Crippen molar-refractivity contribution in [3.8, 4) is 0 Å². The number of hydrogen-bond donors (Lipinski definition) is 3. The summed E-state index contributed by atoms with van der Waals surface area (Å²) in [6.07, 6.45) is -0.859. The fraction of sp³-hybridized carbons (Fsp3) is 0.278. The number of amides is 2. The molecule has 0 radical (unpaired) electrons. The van der Waals surface area contributed by atoms with Crippen LogP contribution in [0.5, 0.6) is 0 Å². The third-order valence-corrected chi connectivity index (χ3v) is 4.08. The SMILES string of the molecule is CCN(C)c1cccc(NC(=O)NCC(O)c2ccccc2Cl)c1. The molecule has 0 heterocycles. The fourth-order valence-electron chi connectivity index (χ4n) is 2.22. The Labute approximate surface area is 147 Å². The lowest BCUT2D eigenvalue weighted by molar-refractivity contribution is 0.175. The Morgan fingerprint density at radius 1 is 1.25 bits per heavy atom. The lowest BCUT2D eigenvalue weighted by Gasteiger charge is -2.18. The Bertz CT molecular complexity index is 693. The van der Waals surface area contributed by atoms with Gasteiger partial charge < -0.3 is 20.6 Å². The summed E-state index contributed by atoms with van der Waals surface area (Å²) in [5.41, 5.74) is 2.30. The Morgan fingerprint density at radius 2 is 2.00 bits per heavy atom. The van der Waals surface area contributed by atoms with Gasteiger partial charge in [-0.25, -0.2) is 4.79 Å². The molecule has 0 bridgehead atoms. The van der Waals surface area contributed by atoms with Crippen LogP contribution in [0.1, 0.15) is 18.6 Å². The van der Waals surface area contributed by atoms with Crippen molar-refractivity contribution in [3.05, 3.63) is 59.1 Å². The number of nitrogens with zero attached hydrogens (tertiary/aromatic N) is 1. The molecule has 24 heavy (non-hydrogen) atoms. The minimum Gasteiger partial charge on any atom is -0.387 e. The number of hydrogen-bond acceptors (Lipinski definition) is 3. The van der Waals surface area contributed by atoms with Gasteiger partial charge >= 0.3 is 6.03 Å². The third kappa shape index (κ3) is 4.88. The molecular weight excluding hydrogens is 326 g/mol. The fourth-order valence-corrected chi connectivity index (χ4v) is 2.49. The molecular formula is C18H22ClN3O2. The first kappa shape index (κ1) is 18.1. The van der Waals surface area contributed by atoms with E-state index in [4.69, 9.17) is 11.6 Å². The summed E-state index contributed by atoms with van der Waals surface area (Å²) in [6.45, 7) is 3.01. The number of anilines is 2. The van der Waals surface area contributed by atoms with Crippen molar-refractivity contribution in [1.29, 1.82) is 0 Å². The summed E-state index contributed by atoms with van der Waals surface area (Å²) < 4.78 is 0. The molecule has 0 aliphatic rings. The number of rotatable bonds is 6. The molecule has 2 aromatic carbocycles. The normalized spacial score (nSPS) is 11.7. The summed E-state index contributed by atoms with van der Waals surface area (Å²) in [4.78, 5) is 14.1. The number of carbonyl (C=O) groups is 1. The van der Waals surface area contributed by atoms with Gasteiger partial charge in [0.2, 0.25) is 0 Å². The van der Waals surface area contributed by atoms with E-state index in [0.29, 0.717) is 16.3 Å². The van der Waals surface area contributed by atoms with Gasteiger partial charge in [-0.3, -0.25) is 0 Å². The second-order valence-electron chi connectivity index (χ2n) is 5.44. The Hall–Kier alpha value is -2.24. The first-order valence-electron chi connectivity index (χ1n) is 7.79. The van der Waals surface area contributed by atoms with Crippen LogP contribution in [0.15, 0.2) is 48.5 Å². The van der Waals surface area contributed by atoms with Gasteiger partial charge in [0.25, 0.3) is 0 Å². The molecule has 1 unspecified atom stereocenters. The van der Waals surface area contributed by atoms with Gasteiger partial charge in [0.15, 0.2) is 0 Å². The minimum atomic E-state index is -0.859. The molecule has 2 amide bonds. The first-order chi connectivity index (χ1) is 11.5. The molecule has 128 valence electrons. The maximum Gasteiger partial charge on any atom is 0.319 e. The van der Waals surface area contributed by atoms with Crippen LogP contribution >= 0.6 is 11.6 Å². The van der Waals surface area contributed by atoms with Gasteiger partial charge in [-0.2, -0.15) is 0 Å². The molecule has 6 heteroatoms. The molecule has 5 nitrogen and oxygen atoms in total. The standard InChI is InChI=1S/C18H22ClN3O2/c1-3-22(2)14-8-6-7-13(11-14)21-18(24)20-12-17(23)15-9-4-5-10-16(15)19/h4-11,17,23H,3,12H2,1-2H3,(H2,20,21,24). The van der Waals surface area contributed by atoms with Gasteiger partial charge in [-0.15, -0.1) is 0 Å². The van der Waals surface area contributed by atoms with E-state index in [1.165, 1.54) is 0 Å². The van der Waals surface area contributed by atoms with Crippen LogP contribution in [0.2, 0.25) is 5.02 Å². The van der Waals surface area contributed by atoms with Crippen LogP contribution in [0.25, 0.3) is 0 Å². The van der Waals surface area contributed by atoms with E-state index in [1.54, 1.807) is 24.3 Å². The highest BCUT2D eigenvalue weighted by Crippen LogP contribution is 2.22. The maximum atomic E-state index is 12.0. The summed E-state index contributed by atoms with van der Waals surface area (Å²) in [7, 11) is 1.99. The van der Waals surface area contributed by atoms with Gasteiger partial charge in [0.05, 0.1) is 6.10 Å². The highest BCUT2D eigenvalue weighted by atomic mass is 35.5. The van der Waals surface area contributed by atoms with Crippen molar-refractivity contribution in [2.24, 2.45) is 0 Å². The topological polar surface area (TPSA) is 64.6 Å². The summed E-state index contributed by atoms with van der Waals surface area (Å²) >= 11 is 6.03. The maximum absolute atomic E-state index is 12.0. The van der Waals surface area contributed by atoms with Crippen molar-refractivity contribution in [2.45, 2.75) is 13.0 Å². The lowest BCUT2D eigenvalue weighted by Crippen LogP contribution is -2.32. The number of carbonyl (C=O) groups excluding carboxylic acids is 1. The van der Waals surface area contributed by atoms with Crippen molar-refractivity contribution in [1.82, 2.24) is 5.32 Å². The summed E-state index contributed by atoms with van der Waals surface area (Å²) in [5.74, 6) is 0. The second kappa shape index (κ2) is 8.57. The Balaban J connectivity index is 1.91. The largest absolute Gasteiger partial charge is 0.387 e. The number of halogens is 1. The highest BCUT2D eigenvalue weighted by Gasteiger charge is 2.12. The van der Waals surface area contributed by atoms with Crippen molar-refractivity contribution in [2.75, 3.05) is 30.4 Å². The Morgan fingerprint density at radius 3 is 2.71 bits per heavy atom. The van der Waals surface area contributed by atoms with Gasteiger partial charge in [0.1, 0.15) is 0 Å². The van der Waals surface area contributed by atoms with E-state index in [-0.39, 0.29) is 12.6 Å². The van der Waals surface area contributed by atoms with Gasteiger partial charge in [-0.1, -0.05) is 35.9 Å². The van der Waals surface area contributed by atoms with Crippen molar-refractivity contribution < 1.29 is 9.90 Å². The average molecular weight is 348 g/mol. The quantitative estimate of drug-likeness (QED) is 0.747. The van der Waals surface area contributed by atoms with Gasteiger partial charge in [0, 0.05) is 42.1 Å². The highest BCUT2D eigenvalue weighted by molar-refractivity contribution is 6.31. The molecule has 0 fully saturated rings. The zero-order valence-corrected chi connectivity index (χ0v) is 14.5. The predicted molar refractivity (Wildman–Crippen MR) is 98.8 cm³/mol. The molecule has 0 saturated carbocycles. The van der Waals surface area contributed by atoms with E-state index in [0.717, 1.165) is 12.2 Å². The van der Waals surface area contributed by atoms with E-state index in [2.05, 4.69) is 22.5 Å². The summed E-state index contributed by atoms with van der Waals surface area (Å²) in [5, 5.41) is 16.0. The van der Waals surface area contributed by atoms with Crippen LogP contribution < -0.4 is 15.5 Å². The van der Waals surface area contributed by atoms with Crippen molar-refractivity contribution >= 4 is 29.0 Å². The minimum absolute atomic E-state index is 0.0735. The van der Waals surface area contributed by atoms with E-state index in [1.807, 2.05) is 31.3 Å². The molecule has 0 spiro atoms. The average Bonchev–Trinajstić information content (AvgIpc) is 2.59. The number of nitrogens with one attached hydrogen (secondary N) is 2. The molecule has 0 aromatic heterocycles. The van der Waals surface area contributed by atoms with Crippen LogP contribution in [-0.2, 0) is 0 Å². The van der Waals surface area contributed by atoms with E-state index >= 15 is 0 Å². The van der Waals surface area contributed by atoms with Crippen molar-refractivity contribution in [3.63, 3.8) is 0 Å². The lowest BCUT2D eigenvalue weighted by atomic mass is 10.1. The molecule has 3 N–H and O–H groups in total. The predicted octanol–water partition coefficient (Wildman–Crippen LogP) is 3.65. The smallest absolute Gasteiger partial charge is 0.319 e.